The second kappa shape index (κ2) is 9.80. The zero-order valence-corrected chi connectivity index (χ0v) is 13.4. The molecule has 1 N–H and O–H groups in total. The molecule has 1 rings (SSSR count). The van der Waals surface area contributed by atoms with Crippen molar-refractivity contribution in [3.05, 3.63) is 29.8 Å². The van der Waals surface area contributed by atoms with Crippen LogP contribution in [0.1, 0.15) is 45.0 Å². The second-order valence-corrected chi connectivity index (χ2v) is 4.97. The van der Waals surface area contributed by atoms with Gasteiger partial charge in [-0.15, -0.1) is 0 Å². The molecule has 0 heterocycles. The van der Waals surface area contributed by atoms with E-state index in [1.165, 1.54) is 0 Å². The Bertz CT molecular complexity index is 438. The van der Waals surface area contributed by atoms with Crippen LogP contribution in [0.4, 0.5) is 4.79 Å². The quantitative estimate of drug-likeness (QED) is 0.667. The summed E-state index contributed by atoms with van der Waals surface area (Å²) in [5.74, 6) is 0.593. The number of hydrogen-bond acceptors (Lipinski definition) is 4. The van der Waals surface area contributed by atoms with Crippen molar-refractivity contribution in [3.8, 4) is 5.75 Å². The molecule has 0 aliphatic carbocycles. The first kappa shape index (κ1) is 19.0. The van der Waals surface area contributed by atoms with Gasteiger partial charge in [0.25, 0.3) is 0 Å². The number of benzene rings is 1. The molecule has 5 heteroatoms. The summed E-state index contributed by atoms with van der Waals surface area (Å²) in [6.07, 6.45) is 0.281. The van der Waals surface area contributed by atoms with Crippen molar-refractivity contribution in [3.63, 3.8) is 0 Å². The fraction of sp³-hybridized carbons (Fsp3) is 0.500. The van der Waals surface area contributed by atoms with Crippen molar-refractivity contribution in [2.45, 2.75) is 40.2 Å². The van der Waals surface area contributed by atoms with Crippen LogP contribution in [0.15, 0.2) is 24.3 Å². The highest BCUT2D eigenvalue weighted by atomic mass is 16.6. The van der Waals surface area contributed by atoms with Crippen molar-refractivity contribution < 1.29 is 19.1 Å². The molecule has 0 bridgehead atoms. The van der Waals surface area contributed by atoms with E-state index in [4.69, 9.17) is 9.47 Å². The fourth-order valence-electron chi connectivity index (χ4n) is 1.31. The molecule has 21 heavy (non-hydrogen) atoms. The van der Waals surface area contributed by atoms with Gasteiger partial charge in [-0.2, -0.15) is 0 Å². The number of carbonyl (C=O) groups is 2. The van der Waals surface area contributed by atoms with Crippen LogP contribution < -0.4 is 10.1 Å². The number of alkyl carbamates (subject to hydrolysis) is 1. The molecule has 0 saturated carbocycles. The van der Waals surface area contributed by atoms with Crippen molar-refractivity contribution in [1.29, 1.82) is 0 Å². The Hall–Kier alpha value is -2.04. The van der Waals surface area contributed by atoms with Gasteiger partial charge < -0.3 is 14.8 Å². The summed E-state index contributed by atoms with van der Waals surface area (Å²) in [6, 6.07) is 6.82. The maximum Gasteiger partial charge on any atom is 0.407 e. The summed E-state index contributed by atoms with van der Waals surface area (Å²) in [5.41, 5.74) is 0.0427. The van der Waals surface area contributed by atoms with Gasteiger partial charge in [-0.3, -0.25) is 4.79 Å². The van der Waals surface area contributed by atoms with Gasteiger partial charge in [0.05, 0.1) is 6.54 Å². The van der Waals surface area contributed by atoms with Crippen LogP contribution in [0.3, 0.4) is 0 Å². The second-order valence-electron chi connectivity index (χ2n) is 4.97. The molecule has 118 valence electrons. The number of aldehydes is 1. The molecular weight excluding hydrogens is 270 g/mol. The van der Waals surface area contributed by atoms with Crippen molar-refractivity contribution in [2.75, 3.05) is 13.2 Å². The lowest BCUT2D eigenvalue weighted by atomic mass is 10.2. The first-order chi connectivity index (χ1) is 9.90. The molecule has 1 amide bonds. The van der Waals surface area contributed by atoms with E-state index < -0.39 is 11.7 Å². The van der Waals surface area contributed by atoms with Gasteiger partial charge in [0.15, 0.2) is 0 Å². The Kier molecular flexibility index (Phi) is 8.85. The first-order valence-electron chi connectivity index (χ1n) is 7.05. The third kappa shape index (κ3) is 9.49. The van der Waals surface area contributed by atoms with Gasteiger partial charge in [0.2, 0.25) is 0 Å². The highest BCUT2D eigenvalue weighted by Crippen LogP contribution is 2.11. The topological polar surface area (TPSA) is 64.6 Å². The van der Waals surface area contributed by atoms with E-state index in [1.54, 1.807) is 45.0 Å². The summed E-state index contributed by atoms with van der Waals surface area (Å²) in [4.78, 5) is 21.9. The Morgan fingerprint density at radius 2 is 1.95 bits per heavy atom. The lowest BCUT2D eigenvalue weighted by Crippen LogP contribution is -2.34. The van der Waals surface area contributed by atoms with Crippen LogP contribution in [-0.2, 0) is 4.74 Å². The van der Waals surface area contributed by atoms with Gasteiger partial charge in [-0.25, -0.2) is 4.79 Å². The fourth-order valence-corrected chi connectivity index (χ4v) is 1.31. The van der Waals surface area contributed by atoms with Crippen LogP contribution in [0.2, 0.25) is 0 Å². The third-order valence-electron chi connectivity index (χ3n) is 2.03. The SMILES string of the molecule is CC.CC(C)(C)OC(=O)NCCOc1cccc(C=O)c1. The number of hydrogen-bond donors (Lipinski definition) is 1. The maximum atomic E-state index is 11.3. The number of ether oxygens (including phenoxy) is 2. The van der Waals surface area contributed by atoms with Crippen LogP contribution in [0, 0.1) is 0 Å². The average molecular weight is 295 g/mol. The minimum atomic E-state index is -0.511. The van der Waals surface area contributed by atoms with E-state index >= 15 is 0 Å². The molecular formula is C16H25NO4. The van der Waals surface area contributed by atoms with Crippen LogP contribution in [0.5, 0.6) is 5.75 Å². The zero-order chi connectivity index (χ0) is 16.3. The number of nitrogens with one attached hydrogen (secondary N) is 1. The Morgan fingerprint density at radius 1 is 1.29 bits per heavy atom. The van der Waals surface area contributed by atoms with Gasteiger partial charge >= 0.3 is 6.09 Å². The predicted octanol–water partition coefficient (Wildman–Crippen LogP) is 3.43. The van der Waals surface area contributed by atoms with E-state index in [-0.39, 0.29) is 0 Å². The van der Waals surface area contributed by atoms with Crippen molar-refractivity contribution in [1.82, 2.24) is 5.32 Å². The first-order valence-corrected chi connectivity index (χ1v) is 7.05. The van der Waals surface area contributed by atoms with E-state index in [1.807, 2.05) is 13.8 Å². The van der Waals surface area contributed by atoms with E-state index in [2.05, 4.69) is 5.32 Å². The molecule has 0 unspecified atom stereocenters. The average Bonchev–Trinajstić information content (AvgIpc) is 2.44. The highest BCUT2D eigenvalue weighted by Gasteiger charge is 2.15. The number of amides is 1. The van der Waals surface area contributed by atoms with Crippen LogP contribution in [0.25, 0.3) is 0 Å². The molecule has 0 spiro atoms. The summed E-state index contributed by atoms with van der Waals surface area (Å²) in [5, 5.41) is 2.58. The van der Waals surface area contributed by atoms with Crippen LogP contribution in [-0.4, -0.2) is 31.1 Å². The molecule has 0 aliphatic rings. The predicted molar refractivity (Wildman–Crippen MR) is 82.9 cm³/mol. The van der Waals surface area contributed by atoms with Crippen LogP contribution >= 0.6 is 0 Å². The summed E-state index contributed by atoms with van der Waals surface area (Å²) >= 11 is 0. The molecule has 0 aliphatic heterocycles. The van der Waals surface area contributed by atoms with Crippen molar-refractivity contribution in [2.24, 2.45) is 0 Å². The van der Waals surface area contributed by atoms with E-state index in [0.717, 1.165) is 6.29 Å². The molecule has 0 saturated heterocycles. The smallest absolute Gasteiger partial charge is 0.407 e. The molecule has 1 aromatic rings. The van der Waals surface area contributed by atoms with E-state index in [0.29, 0.717) is 24.5 Å². The minimum absolute atomic E-state index is 0.307. The van der Waals surface area contributed by atoms with Gasteiger partial charge in [-0.05, 0) is 32.9 Å². The molecule has 0 radical (unpaired) electrons. The largest absolute Gasteiger partial charge is 0.492 e. The minimum Gasteiger partial charge on any atom is -0.492 e. The molecule has 0 atom stereocenters. The molecule has 0 fully saturated rings. The Morgan fingerprint density at radius 3 is 2.52 bits per heavy atom. The summed E-state index contributed by atoms with van der Waals surface area (Å²) in [7, 11) is 0. The van der Waals surface area contributed by atoms with Gasteiger partial charge in [-0.1, -0.05) is 26.0 Å². The maximum absolute atomic E-state index is 11.3. The van der Waals surface area contributed by atoms with Gasteiger partial charge in [0, 0.05) is 5.56 Å². The van der Waals surface area contributed by atoms with Gasteiger partial charge in [0.1, 0.15) is 24.2 Å². The lowest BCUT2D eigenvalue weighted by molar-refractivity contribution is 0.0520. The highest BCUT2D eigenvalue weighted by molar-refractivity contribution is 5.75. The lowest BCUT2D eigenvalue weighted by Gasteiger charge is -2.19. The Balaban J connectivity index is 0.00000191. The number of rotatable bonds is 5. The zero-order valence-electron chi connectivity index (χ0n) is 13.4. The third-order valence-corrected chi connectivity index (χ3v) is 2.03. The van der Waals surface area contributed by atoms with E-state index in [9.17, 15) is 9.59 Å². The number of carbonyl (C=O) groups excluding carboxylic acids is 2. The molecule has 1 aromatic carbocycles. The Labute approximate surface area is 126 Å². The van der Waals surface area contributed by atoms with Crippen molar-refractivity contribution >= 4 is 12.4 Å². The standard InChI is InChI=1S/C14H19NO4.C2H6/c1-14(2,3)19-13(17)15-7-8-18-12-6-4-5-11(9-12)10-16;1-2/h4-6,9-10H,7-8H2,1-3H3,(H,15,17);1-2H3. The summed E-state index contributed by atoms with van der Waals surface area (Å²) < 4.78 is 10.5. The normalized spacial score (nSPS) is 9.95. The monoisotopic (exact) mass is 295 g/mol. The molecule has 5 nitrogen and oxygen atoms in total. The molecule has 0 aromatic heterocycles. The summed E-state index contributed by atoms with van der Waals surface area (Å²) in [6.45, 7) is 10.0.